The van der Waals surface area contributed by atoms with Crippen LogP contribution in [0.1, 0.15) is 28.8 Å². The van der Waals surface area contributed by atoms with Gasteiger partial charge < -0.3 is 4.74 Å². The maximum absolute atomic E-state index is 12.7. The van der Waals surface area contributed by atoms with Crippen molar-refractivity contribution in [3.8, 4) is 5.75 Å². The number of hydrogen-bond donors (Lipinski definition) is 0. The van der Waals surface area contributed by atoms with E-state index in [0.717, 1.165) is 18.2 Å². The lowest BCUT2D eigenvalue weighted by atomic mass is 10.0. The molecular weight excluding hydrogens is 339 g/mol. The molecule has 0 radical (unpaired) electrons. The largest absolute Gasteiger partial charge is 0.573 e. The van der Waals surface area contributed by atoms with Gasteiger partial charge in [0.15, 0.2) is 5.78 Å². The second-order valence-electron chi connectivity index (χ2n) is 3.43. The predicted octanol–water partition coefficient (Wildman–Crippen LogP) is 4.49. The molecule has 0 aliphatic rings. The van der Waals surface area contributed by atoms with Crippen LogP contribution in [-0.2, 0) is 0 Å². The average Bonchev–Trinajstić information content (AvgIpc) is 2.26. The lowest BCUT2D eigenvalue weighted by Gasteiger charge is -2.15. The van der Waals surface area contributed by atoms with E-state index in [1.54, 1.807) is 0 Å². The molecule has 2 nitrogen and oxygen atoms in total. The second-order valence-corrected chi connectivity index (χ2v) is 4.22. The Hall–Kier alpha value is -1.18. The van der Waals surface area contributed by atoms with Gasteiger partial charge in [-0.1, -0.05) is 28.1 Å². The summed E-state index contributed by atoms with van der Waals surface area (Å²) in [5.41, 5.74) is -1.50. The Labute approximate surface area is 113 Å². The van der Waals surface area contributed by atoms with Crippen molar-refractivity contribution in [3.63, 3.8) is 0 Å². The maximum Gasteiger partial charge on any atom is 0.573 e. The molecule has 0 aliphatic heterocycles. The van der Waals surface area contributed by atoms with Crippen LogP contribution in [0.2, 0.25) is 0 Å². The van der Waals surface area contributed by atoms with Crippen LogP contribution in [0.3, 0.4) is 0 Å². The molecule has 0 spiro atoms. The van der Waals surface area contributed by atoms with E-state index < -0.39 is 35.4 Å². The first-order valence-electron chi connectivity index (χ1n) is 5.02. The van der Waals surface area contributed by atoms with Gasteiger partial charge in [0.25, 0.3) is 6.43 Å². The third-order valence-corrected chi connectivity index (χ3v) is 2.52. The van der Waals surface area contributed by atoms with Gasteiger partial charge in [-0.2, -0.15) is 0 Å². The molecule has 0 aliphatic carbocycles. The number of halogens is 6. The summed E-state index contributed by atoms with van der Waals surface area (Å²) in [6.45, 7) is 0. The summed E-state index contributed by atoms with van der Waals surface area (Å²) in [4.78, 5) is 11.7. The van der Waals surface area contributed by atoms with Crippen molar-refractivity contribution in [2.45, 2.75) is 19.2 Å². The lowest BCUT2D eigenvalue weighted by molar-refractivity contribution is -0.274. The van der Waals surface area contributed by atoms with Gasteiger partial charge in [0.1, 0.15) is 5.75 Å². The highest BCUT2D eigenvalue weighted by Crippen LogP contribution is 2.34. The van der Waals surface area contributed by atoms with E-state index in [-0.39, 0.29) is 11.8 Å². The number of Topliss-reactive ketones (excluding diaryl/α,β-unsaturated/α-hetero) is 1. The number of rotatable bonds is 5. The Kier molecular flexibility index (Phi) is 5.28. The number of carbonyl (C=O) groups is 1. The molecule has 0 aromatic heterocycles. The van der Waals surface area contributed by atoms with E-state index in [9.17, 15) is 26.7 Å². The van der Waals surface area contributed by atoms with Gasteiger partial charge in [-0.3, -0.25) is 4.79 Å². The first-order valence-corrected chi connectivity index (χ1v) is 6.14. The lowest BCUT2D eigenvalue weighted by Crippen LogP contribution is -2.20. The van der Waals surface area contributed by atoms with Crippen LogP contribution < -0.4 is 4.74 Å². The third-order valence-electron chi connectivity index (χ3n) is 2.12. The van der Waals surface area contributed by atoms with E-state index in [4.69, 9.17) is 0 Å². The first-order chi connectivity index (χ1) is 8.76. The predicted molar refractivity (Wildman–Crippen MR) is 60.8 cm³/mol. The van der Waals surface area contributed by atoms with Crippen molar-refractivity contribution >= 4 is 21.7 Å². The van der Waals surface area contributed by atoms with Crippen LogP contribution >= 0.6 is 15.9 Å². The molecule has 106 valence electrons. The second kappa shape index (κ2) is 6.31. The molecule has 0 saturated carbocycles. The van der Waals surface area contributed by atoms with Gasteiger partial charge in [0, 0.05) is 17.3 Å². The van der Waals surface area contributed by atoms with E-state index >= 15 is 0 Å². The van der Waals surface area contributed by atoms with Crippen LogP contribution in [0.5, 0.6) is 5.75 Å². The quantitative estimate of drug-likeness (QED) is 0.446. The number of ether oxygens (including phenoxy) is 1. The summed E-state index contributed by atoms with van der Waals surface area (Å²) < 4.78 is 65.6. The van der Waals surface area contributed by atoms with Crippen molar-refractivity contribution in [2.75, 3.05) is 5.33 Å². The zero-order valence-corrected chi connectivity index (χ0v) is 10.9. The number of benzene rings is 1. The molecule has 1 aromatic carbocycles. The van der Waals surface area contributed by atoms with Gasteiger partial charge in [-0.05, 0) is 6.07 Å². The Morgan fingerprint density at radius 2 is 1.95 bits per heavy atom. The molecule has 0 bridgehead atoms. The Morgan fingerprint density at radius 3 is 2.42 bits per heavy atom. The molecular formula is C11H8BrF5O2. The van der Waals surface area contributed by atoms with Crippen molar-refractivity contribution in [1.29, 1.82) is 0 Å². The van der Waals surface area contributed by atoms with Crippen LogP contribution in [0.25, 0.3) is 0 Å². The highest BCUT2D eigenvalue weighted by molar-refractivity contribution is 9.09. The van der Waals surface area contributed by atoms with Gasteiger partial charge in [-0.15, -0.1) is 13.2 Å². The van der Waals surface area contributed by atoms with Crippen molar-refractivity contribution in [1.82, 2.24) is 0 Å². The zero-order chi connectivity index (χ0) is 14.6. The first kappa shape index (κ1) is 15.9. The minimum atomic E-state index is -5.05. The summed E-state index contributed by atoms with van der Waals surface area (Å²) in [5.74, 6) is -1.75. The van der Waals surface area contributed by atoms with Gasteiger partial charge >= 0.3 is 6.36 Å². The third kappa shape index (κ3) is 4.45. The molecule has 0 saturated heterocycles. The average molecular weight is 347 g/mol. The Bertz CT molecular complexity index is 459. The Morgan fingerprint density at radius 1 is 1.32 bits per heavy atom. The monoisotopic (exact) mass is 346 g/mol. The highest BCUT2D eigenvalue weighted by atomic mass is 79.9. The molecule has 19 heavy (non-hydrogen) atoms. The van der Waals surface area contributed by atoms with Gasteiger partial charge in [0.05, 0.1) is 5.56 Å². The van der Waals surface area contributed by atoms with Gasteiger partial charge in [-0.25, -0.2) is 8.78 Å². The van der Waals surface area contributed by atoms with Crippen LogP contribution in [0, 0.1) is 0 Å². The summed E-state index contributed by atoms with van der Waals surface area (Å²) in [5, 5.41) is 0.148. The number of carbonyl (C=O) groups excluding carboxylic acids is 1. The molecule has 0 unspecified atom stereocenters. The molecule has 1 rings (SSSR count). The van der Waals surface area contributed by atoms with Gasteiger partial charge in [0.2, 0.25) is 0 Å². The van der Waals surface area contributed by atoms with E-state index in [1.165, 1.54) is 0 Å². The highest BCUT2D eigenvalue weighted by Gasteiger charge is 2.34. The summed E-state index contributed by atoms with van der Waals surface area (Å²) >= 11 is 2.92. The Balaban J connectivity index is 3.30. The summed E-state index contributed by atoms with van der Waals surface area (Å²) in [6, 6.07) is 2.71. The minimum absolute atomic E-state index is 0.148. The van der Waals surface area contributed by atoms with E-state index in [2.05, 4.69) is 20.7 Å². The molecule has 0 atom stereocenters. The SMILES string of the molecule is O=C(CCBr)c1c(OC(F)(F)F)cccc1C(F)F. The zero-order valence-electron chi connectivity index (χ0n) is 9.31. The fourth-order valence-corrected chi connectivity index (χ4v) is 1.81. The number of alkyl halides is 6. The molecule has 0 fully saturated rings. The normalized spacial score (nSPS) is 11.7. The molecule has 0 N–H and O–H groups in total. The van der Waals surface area contributed by atoms with Crippen molar-refractivity contribution in [2.24, 2.45) is 0 Å². The molecule has 1 aromatic rings. The summed E-state index contributed by atoms with van der Waals surface area (Å²) in [7, 11) is 0. The molecule has 8 heteroatoms. The molecule has 0 heterocycles. The standard InChI is InChI=1S/C11H8BrF5O2/c12-5-4-7(18)9-6(10(13)14)2-1-3-8(9)19-11(15,16)17/h1-3,10H,4-5H2. The van der Waals surface area contributed by atoms with Crippen molar-refractivity contribution in [3.05, 3.63) is 29.3 Å². The summed E-state index contributed by atoms with van der Waals surface area (Å²) in [6.07, 6.45) is -8.33. The van der Waals surface area contributed by atoms with Crippen molar-refractivity contribution < 1.29 is 31.5 Å². The van der Waals surface area contributed by atoms with Crippen LogP contribution in [0.15, 0.2) is 18.2 Å². The van der Waals surface area contributed by atoms with E-state index in [0.29, 0.717) is 0 Å². The number of ketones is 1. The number of hydrogen-bond acceptors (Lipinski definition) is 2. The van der Waals surface area contributed by atoms with Crippen LogP contribution in [-0.4, -0.2) is 17.5 Å². The fourth-order valence-electron chi connectivity index (χ4n) is 1.45. The topological polar surface area (TPSA) is 26.3 Å². The van der Waals surface area contributed by atoms with Crippen LogP contribution in [0.4, 0.5) is 22.0 Å². The maximum atomic E-state index is 12.7. The fraction of sp³-hybridized carbons (Fsp3) is 0.364. The van der Waals surface area contributed by atoms with E-state index in [1.807, 2.05) is 0 Å². The smallest absolute Gasteiger partial charge is 0.405 e. The molecule has 0 amide bonds. The minimum Gasteiger partial charge on any atom is -0.405 e.